The Morgan fingerprint density at radius 1 is 0.964 bits per heavy atom. The highest BCUT2D eigenvalue weighted by molar-refractivity contribution is 6.05. The summed E-state index contributed by atoms with van der Waals surface area (Å²) in [5.74, 6) is 0.345. The second-order valence-corrected chi connectivity index (χ2v) is 7.63. The number of amides is 1. The second-order valence-electron chi connectivity index (χ2n) is 7.63. The summed E-state index contributed by atoms with van der Waals surface area (Å²) in [4.78, 5) is 23.1. The van der Waals surface area contributed by atoms with Gasteiger partial charge in [0.05, 0.1) is 5.56 Å². The lowest BCUT2D eigenvalue weighted by Gasteiger charge is -2.21. The van der Waals surface area contributed by atoms with Crippen LogP contribution >= 0.6 is 0 Å². The number of nitrogens with zero attached hydrogens (tertiary/aromatic N) is 3. The van der Waals surface area contributed by atoms with Crippen LogP contribution in [-0.4, -0.2) is 22.4 Å². The number of aromatic nitrogens is 2. The van der Waals surface area contributed by atoms with E-state index in [2.05, 4.69) is 48.2 Å². The molecule has 0 saturated carbocycles. The molecule has 1 heterocycles. The van der Waals surface area contributed by atoms with Crippen molar-refractivity contribution in [2.24, 2.45) is 0 Å². The summed E-state index contributed by atoms with van der Waals surface area (Å²) >= 11 is 0. The van der Waals surface area contributed by atoms with Gasteiger partial charge in [-0.2, -0.15) is 0 Å². The van der Waals surface area contributed by atoms with Crippen LogP contribution in [0.5, 0.6) is 0 Å². The van der Waals surface area contributed by atoms with E-state index in [1.165, 1.54) is 5.56 Å². The monoisotopic (exact) mass is 374 g/mol. The highest BCUT2D eigenvalue weighted by Crippen LogP contribution is 2.24. The molecule has 1 aromatic heterocycles. The summed E-state index contributed by atoms with van der Waals surface area (Å²) < 4.78 is 0. The minimum absolute atomic E-state index is 0.112. The van der Waals surface area contributed by atoms with E-state index < -0.39 is 0 Å². The third-order valence-corrected chi connectivity index (χ3v) is 4.54. The minimum Gasteiger partial charge on any atom is -0.324 e. The normalized spacial score (nSPS) is 11.1. The van der Waals surface area contributed by atoms with Gasteiger partial charge in [0.1, 0.15) is 0 Å². The maximum absolute atomic E-state index is 12.8. The fourth-order valence-corrected chi connectivity index (χ4v) is 2.89. The van der Waals surface area contributed by atoms with E-state index in [1.807, 2.05) is 49.4 Å². The first-order valence-corrected chi connectivity index (χ1v) is 9.45. The van der Waals surface area contributed by atoms with E-state index in [0.29, 0.717) is 18.1 Å². The summed E-state index contributed by atoms with van der Waals surface area (Å²) in [6.45, 7) is 9.07. The van der Waals surface area contributed by atoms with Gasteiger partial charge in [-0.25, -0.2) is 9.97 Å². The summed E-state index contributed by atoms with van der Waals surface area (Å²) in [7, 11) is 0. The number of hydrogen-bond acceptors (Lipinski definition) is 4. The molecular weight excluding hydrogens is 348 g/mol. The van der Waals surface area contributed by atoms with E-state index in [0.717, 1.165) is 11.4 Å². The van der Waals surface area contributed by atoms with Gasteiger partial charge in [0, 0.05) is 30.3 Å². The molecule has 0 spiro atoms. The lowest BCUT2D eigenvalue weighted by Crippen LogP contribution is -2.30. The molecule has 0 saturated heterocycles. The van der Waals surface area contributed by atoms with Crippen molar-refractivity contribution in [3.8, 4) is 0 Å². The number of rotatable bonds is 5. The summed E-state index contributed by atoms with van der Waals surface area (Å²) in [5.41, 5.74) is 3.60. The van der Waals surface area contributed by atoms with E-state index in [-0.39, 0.29) is 11.3 Å². The van der Waals surface area contributed by atoms with E-state index in [4.69, 9.17) is 0 Å². The Bertz CT molecular complexity index is 914. The summed E-state index contributed by atoms with van der Waals surface area (Å²) in [5, 5.41) is 3.18. The molecule has 0 aliphatic heterocycles. The van der Waals surface area contributed by atoms with Gasteiger partial charge in [-0.3, -0.25) is 4.79 Å². The van der Waals surface area contributed by atoms with Gasteiger partial charge in [-0.1, -0.05) is 51.1 Å². The third kappa shape index (κ3) is 4.55. The van der Waals surface area contributed by atoms with Crippen LogP contribution in [0.4, 0.5) is 17.3 Å². The molecule has 0 aliphatic carbocycles. The molecule has 0 unspecified atom stereocenters. The number of anilines is 3. The van der Waals surface area contributed by atoms with Gasteiger partial charge in [-0.15, -0.1) is 0 Å². The van der Waals surface area contributed by atoms with Gasteiger partial charge >= 0.3 is 0 Å². The smallest absolute Gasteiger partial charge is 0.261 e. The molecule has 28 heavy (non-hydrogen) atoms. The van der Waals surface area contributed by atoms with Crippen LogP contribution in [0, 0.1) is 0 Å². The number of nitrogens with one attached hydrogen (secondary N) is 1. The number of carbonyl (C=O) groups is 1. The van der Waals surface area contributed by atoms with Crippen molar-refractivity contribution >= 4 is 23.2 Å². The molecule has 1 amide bonds. The van der Waals surface area contributed by atoms with Crippen molar-refractivity contribution in [3.63, 3.8) is 0 Å². The van der Waals surface area contributed by atoms with Crippen LogP contribution in [0.3, 0.4) is 0 Å². The van der Waals surface area contributed by atoms with Crippen LogP contribution in [0.2, 0.25) is 0 Å². The Morgan fingerprint density at radius 3 is 2.11 bits per heavy atom. The molecule has 0 bridgehead atoms. The van der Waals surface area contributed by atoms with Gasteiger partial charge in [0.2, 0.25) is 5.95 Å². The molecule has 3 rings (SSSR count). The summed E-state index contributed by atoms with van der Waals surface area (Å²) in [6, 6.07) is 17.8. The molecule has 5 heteroatoms. The maximum Gasteiger partial charge on any atom is 0.261 e. The van der Waals surface area contributed by atoms with E-state index in [9.17, 15) is 4.79 Å². The third-order valence-electron chi connectivity index (χ3n) is 4.54. The number of para-hydroxylation sites is 1. The zero-order chi connectivity index (χ0) is 20.1. The Balaban J connectivity index is 1.71. The van der Waals surface area contributed by atoms with Crippen molar-refractivity contribution < 1.29 is 4.79 Å². The molecule has 0 atom stereocenters. The molecule has 144 valence electrons. The Morgan fingerprint density at radius 2 is 1.57 bits per heavy atom. The Labute approximate surface area is 166 Å². The van der Waals surface area contributed by atoms with E-state index in [1.54, 1.807) is 17.3 Å². The summed E-state index contributed by atoms with van der Waals surface area (Å²) in [6.07, 6.45) is 3.12. The highest BCUT2D eigenvalue weighted by atomic mass is 16.2. The molecule has 5 nitrogen and oxygen atoms in total. The van der Waals surface area contributed by atoms with Crippen molar-refractivity contribution in [3.05, 3.63) is 78.1 Å². The average molecular weight is 374 g/mol. The fourth-order valence-electron chi connectivity index (χ4n) is 2.89. The lowest BCUT2D eigenvalue weighted by molar-refractivity contribution is 0.0987. The molecule has 1 N–H and O–H groups in total. The van der Waals surface area contributed by atoms with Gasteiger partial charge in [-0.05, 0) is 42.2 Å². The minimum atomic E-state index is -0.116. The fraction of sp³-hybridized carbons (Fsp3) is 0.261. The van der Waals surface area contributed by atoms with Crippen molar-refractivity contribution in [1.82, 2.24) is 9.97 Å². The van der Waals surface area contributed by atoms with Crippen molar-refractivity contribution in [2.75, 3.05) is 16.8 Å². The second kappa shape index (κ2) is 8.21. The topological polar surface area (TPSA) is 58.1 Å². The zero-order valence-electron chi connectivity index (χ0n) is 16.8. The van der Waals surface area contributed by atoms with Gasteiger partial charge < -0.3 is 10.2 Å². The predicted molar refractivity (Wildman–Crippen MR) is 114 cm³/mol. The van der Waals surface area contributed by atoms with Crippen LogP contribution in [-0.2, 0) is 5.41 Å². The first kappa shape index (κ1) is 19.5. The first-order valence-electron chi connectivity index (χ1n) is 9.45. The Kier molecular flexibility index (Phi) is 5.73. The zero-order valence-corrected chi connectivity index (χ0v) is 16.8. The van der Waals surface area contributed by atoms with Crippen LogP contribution < -0.4 is 10.2 Å². The SMILES string of the molecule is CCN(C(=O)c1cnc(Nc2ccc(C(C)(C)C)cc2)nc1)c1ccccc1. The van der Waals surface area contributed by atoms with E-state index >= 15 is 0 Å². The largest absolute Gasteiger partial charge is 0.324 e. The molecule has 3 aromatic rings. The molecule has 2 aromatic carbocycles. The number of benzene rings is 2. The van der Waals surface area contributed by atoms with Gasteiger partial charge in [0.15, 0.2) is 0 Å². The molecule has 0 fully saturated rings. The lowest BCUT2D eigenvalue weighted by atomic mass is 9.87. The van der Waals surface area contributed by atoms with Crippen LogP contribution in [0.1, 0.15) is 43.6 Å². The average Bonchev–Trinajstić information content (AvgIpc) is 2.69. The number of carbonyl (C=O) groups excluding carboxylic acids is 1. The quantitative estimate of drug-likeness (QED) is 0.668. The van der Waals surface area contributed by atoms with Crippen LogP contribution in [0.15, 0.2) is 67.0 Å². The molecule has 0 radical (unpaired) electrons. The molecular formula is C23H26N4O. The standard InChI is InChI=1S/C23H26N4O/c1-5-27(20-9-7-6-8-10-20)21(28)17-15-24-22(25-16-17)26-19-13-11-18(12-14-19)23(2,3)4/h6-16H,5H2,1-4H3,(H,24,25,26). The van der Waals surface area contributed by atoms with Gasteiger partial charge in [0.25, 0.3) is 5.91 Å². The number of hydrogen-bond donors (Lipinski definition) is 1. The molecule has 0 aliphatic rings. The van der Waals surface area contributed by atoms with Crippen molar-refractivity contribution in [2.45, 2.75) is 33.1 Å². The predicted octanol–water partition coefficient (Wildman–Crippen LogP) is 5.18. The van der Waals surface area contributed by atoms with Crippen LogP contribution in [0.25, 0.3) is 0 Å². The first-order chi connectivity index (χ1) is 13.4. The maximum atomic E-state index is 12.8. The van der Waals surface area contributed by atoms with Crippen molar-refractivity contribution in [1.29, 1.82) is 0 Å². The Hall–Kier alpha value is -3.21. The highest BCUT2D eigenvalue weighted by Gasteiger charge is 2.17.